The fourth-order valence-electron chi connectivity index (χ4n) is 1.68. The number of Topliss-reactive ketones (excluding diaryl/α,β-unsaturated/α-hetero) is 1. The number of carbonyl (C=O) groups is 2. The summed E-state index contributed by atoms with van der Waals surface area (Å²) in [5.41, 5.74) is 1.70. The minimum Gasteiger partial charge on any atom is -0.478 e. The number of hydrogen-bond donors (Lipinski definition) is 1. The van der Waals surface area contributed by atoms with E-state index in [1.807, 2.05) is 6.07 Å². The molecular formula is C14H12ClNO3. The lowest BCUT2D eigenvalue weighted by molar-refractivity contribution is -0.131. The average molecular weight is 278 g/mol. The highest BCUT2D eigenvalue weighted by atomic mass is 35.5. The Hall–Kier alpha value is -2.12. The van der Waals surface area contributed by atoms with Gasteiger partial charge in [0.2, 0.25) is 0 Å². The van der Waals surface area contributed by atoms with Crippen LogP contribution >= 0.6 is 11.6 Å². The SMILES string of the molecule is CC(=O)C(Cl)c1cccc(/C=C/C(=O)O)c1CC#N. The molecule has 0 fully saturated rings. The Labute approximate surface area is 115 Å². The summed E-state index contributed by atoms with van der Waals surface area (Å²) in [6.45, 7) is 1.37. The van der Waals surface area contributed by atoms with Gasteiger partial charge in [0.25, 0.3) is 0 Å². The Morgan fingerprint density at radius 1 is 1.53 bits per heavy atom. The van der Waals surface area contributed by atoms with Gasteiger partial charge in [-0.3, -0.25) is 4.79 Å². The summed E-state index contributed by atoms with van der Waals surface area (Å²) in [5, 5.41) is 16.6. The fourth-order valence-corrected chi connectivity index (χ4v) is 1.88. The monoisotopic (exact) mass is 277 g/mol. The molecule has 0 heterocycles. The number of benzene rings is 1. The fraction of sp³-hybridized carbons (Fsp3) is 0.214. The zero-order valence-electron chi connectivity index (χ0n) is 10.3. The lowest BCUT2D eigenvalue weighted by atomic mass is 9.95. The van der Waals surface area contributed by atoms with Gasteiger partial charge in [-0.15, -0.1) is 11.6 Å². The van der Waals surface area contributed by atoms with E-state index in [2.05, 4.69) is 0 Å². The second kappa shape index (κ2) is 6.72. The zero-order chi connectivity index (χ0) is 14.4. The van der Waals surface area contributed by atoms with Crippen molar-refractivity contribution < 1.29 is 14.7 Å². The van der Waals surface area contributed by atoms with E-state index in [4.69, 9.17) is 22.0 Å². The summed E-state index contributed by atoms with van der Waals surface area (Å²) in [6, 6.07) is 7.02. The van der Waals surface area contributed by atoms with E-state index >= 15 is 0 Å². The van der Waals surface area contributed by atoms with E-state index in [-0.39, 0.29) is 12.2 Å². The molecule has 1 aromatic rings. The van der Waals surface area contributed by atoms with Crippen molar-refractivity contribution >= 4 is 29.4 Å². The number of aliphatic carboxylic acids is 1. The Kier molecular flexibility index (Phi) is 5.28. The van der Waals surface area contributed by atoms with Gasteiger partial charge in [-0.1, -0.05) is 18.2 Å². The van der Waals surface area contributed by atoms with Crippen LogP contribution in [0.15, 0.2) is 24.3 Å². The Bertz CT molecular complexity index is 573. The van der Waals surface area contributed by atoms with E-state index in [1.54, 1.807) is 18.2 Å². The number of nitriles is 1. The molecule has 4 nitrogen and oxygen atoms in total. The number of rotatable bonds is 5. The maximum Gasteiger partial charge on any atom is 0.328 e. The summed E-state index contributed by atoms with van der Waals surface area (Å²) in [7, 11) is 0. The van der Waals surface area contributed by atoms with Crippen LogP contribution in [0.5, 0.6) is 0 Å². The van der Waals surface area contributed by atoms with Crippen molar-refractivity contribution in [3.63, 3.8) is 0 Å². The van der Waals surface area contributed by atoms with E-state index < -0.39 is 11.3 Å². The number of carboxylic acid groups (broad SMARTS) is 1. The number of carbonyl (C=O) groups excluding carboxylic acids is 1. The van der Waals surface area contributed by atoms with E-state index in [0.717, 1.165) is 6.08 Å². The molecule has 19 heavy (non-hydrogen) atoms. The summed E-state index contributed by atoms with van der Waals surface area (Å²) in [5.74, 6) is -1.30. The normalized spacial score (nSPS) is 12.1. The maximum atomic E-state index is 11.4. The van der Waals surface area contributed by atoms with Crippen LogP contribution < -0.4 is 0 Å². The molecule has 0 aromatic heterocycles. The number of ketones is 1. The van der Waals surface area contributed by atoms with Crippen molar-refractivity contribution in [1.29, 1.82) is 5.26 Å². The van der Waals surface area contributed by atoms with Crippen molar-refractivity contribution in [2.75, 3.05) is 0 Å². The minimum atomic E-state index is -1.08. The number of alkyl halides is 1. The van der Waals surface area contributed by atoms with E-state index in [1.165, 1.54) is 13.0 Å². The summed E-state index contributed by atoms with van der Waals surface area (Å²) >= 11 is 6.02. The molecule has 0 bridgehead atoms. The number of hydrogen-bond acceptors (Lipinski definition) is 3. The van der Waals surface area contributed by atoms with Gasteiger partial charge in [-0.25, -0.2) is 4.79 Å². The highest BCUT2D eigenvalue weighted by molar-refractivity contribution is 6.31. The van der Waals surface area contributed by atoms with Crippen molar-refractivity contribution in [3.8, 4) is 6.07 Å². The summed E-state index contributed by atoms with van der Waals surface area (Å²) in [4.78, 5) is 21.9. The highest BCUT2D eigenvalue weighted by Gasteiger charge is 2.18. The molecule has 1 aromatic carbocycles. The molecule has 0 aliphatic carbocycles. The lowest BCUT2D eigenvalue weighted by Crippen LogP contribution is -2.06. The first-order valence-corrected chi connectivity index (χ1v) is 5.95. The van der Waals surface area contributed by atoms with Crippen LogP contribution in [0.1, 0.15) is 29.0 Å². The predicted octanol–water partition coefficient (Wildman–Crippen LogP) is 2.72. The Balaban J connectivity index is 3.33. The third kappa shape index (κ3) is 3.94. The third-order valence-corrected chi connectivity index (χ3v) is 3.08. The Morgan fingerprint density at radius 2 is 2.21 bits per heavy atom. The first kappa shape index (κ1) is 14.9. The Morgan fingerprint density at radius 3 is 2.74 bits per heavy atom. The summed E-state index contributed by atoms with van der Waals surface area (Å²) in [6.07, 6.45) is 2.44. The predicted molar refractivity (Wildman–Crippen MR) is 71.7 cm³/mol. The first-order chi connectivity index (χ1) is 8.97. The van der Waals surface area contributed by atoms with Crippen molar-refractivity contribution in [2.24, 2.45) is 0 Å². The maximum absolute atomic E-state index is 11.4. The van der Waals surface area contributed by atoms with Crippen LogP contribution in [0.2, 0.25) is 0 Å². The van der Waals surface area contributed by atoms with Crippen molar-refractivity contribution in [2.45, 2.75) is 18.7 Å². The molecule has 0 saturated carbocycles. The summed E-state index contributed by atoms with van der Waals surface area (Å²) < 4.78 is 0. The molecule has 0 aliphatic rings. The lowest BCUT2D eigenvalue weighted by Gasteiger charge is -2.13. The van der Waals surface area contributed by atoms with Crippen LogP contribution in [-0.2, 0) is 16.0 Å². The second-order valence-corrected chi connectivity index (χ2v) is 4.33. The average Bonchev–Trinajstić information content (AvgIpc) is 2.36. The van der Waals surface area contributed by atoms with Gasteiger partial charge in [0, 0.05) is 6.08 Å². The van der Waals surface area contributed by atoms with Crippen molar-refractivity contribution in [1.82, 2.24) is 0 Å². The van der Waals surface area contributed by atoms with Crippen LogP contribution in [0.4, 0.5) is 0 Å². The van der Waals surface area contributed by atoms with Crippen molar-refractivity contribution in [3.05, 3.63) is 41.0 Å². The topological polar surface area (TPSA) is 78.2 Å². The molecule has 0 aliphatic heterocycles. The standard InChI is InChI=1S/C14H12ClNO3/c1-9(17)14(15)12-4-2-3-10(5-6-13(18)19)11(12)7-8-16/h2-6,14H,7H2,1H3,(H,18,19)/b6-5+. The van der Waals surface area contributed by atoms with Gasteiger partial charge in [-0.2, -0.15) is 5.26 Å². The number of halogens is 1. The van der Waals surface area contributed by atoms with Gasteiger partial charge < -0.3 is 5.11 Å². The molecule has 0 spiro atoms. The largest absolute Gasteiger partial charge is 0.478 e. The van der Waals surface area contributed by atoms with Gasteiger partial charge >= 0.3 is 5.97 Å². The first-order valence-electron chi connectivity index (χ1n) is 5.51. The molecule has 0 radical (unpaired) electrons. The molecule has 0 saturated heterocycles. The molecule has 98 valence electrons. The molecule has 1 atom stereocenters. The molecule has 1 N–H and O–H groups in total. The van der Waals surface area contributed by atoms with Crippen LogP contribution in [0, 0.1) is 11.3 Å². The van der Waals surface area contributed by atoms with Crippen LogP contribution in [-0.4, -0.2) is 16.9 Å². The molecule has 1 rings (SSSR count). The minimum absolute atomic E-state index is 0.0615. The van der Waals surface area contributed by atoms with Crippen LogP contribution in [0.25, 0.3) is 6.08 Å². The second-order valence-electron chi connectivity index (χ2n) is 3.89. The molecular weight excluding hydrogens is 266 g/mol. The van der Waals surface area contributed by atoms with Gasteiger partial charge in [0.1, 0.15) is 5.38 Å². The molecule has 5 heteroatoms. The molecule has 0 amide bonds. The number of carboxylic acids is 1. The smallest absolute Gasteiger partial charge is 0.328 e. The van der Waals surface area contributed by atoms with E-state index in [9.17, 15) is 9.59 Å². The highest BCUT2D eigenvalue weighted by Crippen LogP contribution is 2.28. The van der Waals surface area contributed by atoms with Gasteiger partial charge in [-0.05, 0) is 29.7 Å². The van der Waals surface area contributed by atoms with Gasteiger partial charge in [0.05, 0.1) is 12.5 Å². The molecule has 1 unspecified atom stereocenters. The number of nitrogens with zero attached hydrogens (tertiary/aromatic N) is 1. The van der Waals surface area contributed by atoms with Gasteiger partial charge in [0.15, 0.2) is 5.78 Å². The van der Waals surface area contributed by atoms with Crippen LogP contribution in [0.3, 0.4) is 0 Å². The third-order valence-electron chi connectivity index (χ3n) is 2.54. The zero-order valence-corrected chi connectivity index (χ0v) is 11.0. The van der Waals surface area contributed by atoms with E-state index in [0.29, 0.717) is 16.7 Å². The quantitative estimate of drug-likeness (QED) is 0.663.